The summed E-state index contributed by atoms with van der Waals surface area (Å²) in [5.41, 5.74) is 6.48. The minimum absolute atomic E-state index is 0.0352. The topological polar surface area (TPSA) is 88.7 Å². The summed E-state index contributed by atoms with van der Waals surface area (Å²) >= 11 is 8.52. The Bertz CT molecular complexity index is 967. The number of unbranched alkanes of at least 4 members (excludes halogenated alkanes) is 3. The molecule has 0 aliphatic rings. The molecule has 0 saturated carbocycles. The Morgan fingerprint density at radius 2 is 1.74 bits per heavy atom. The summed E-state index contributed by atoms with van der Waals surface area (Å²) in [7, 11) is 0. The van der Waals surface area contributed by atoms with Crippen LogP contribution in [0.5, 0.6) is 11.5 Å². The standard InChI is InChI=1S/C25H32BrN3O4S/c1-4-5-6-7-14-32-22-13-10-19(15-21(22)26)24(31)27-25(34)29-28-23(30)16-33-20-11-8-18(9-12-20)17(2)3/h8-13,15,17H,4-7,14,16H2,1-3H3,(H,28,30)(H2,27,29,31,34). The number of carbonyl (C=O) groups excluding carboxylic acids is 2. The molecule has 0 aromatic heterocycles. The third kappa shape index (κ3) is 9.69. The molecule has 2 aromatic rings. The summed E-state index contributed by atoms with van der Waals surface area (Å²) in [4.78, 5) is 24.4. The van der Waals surface area contributed by atoms with Gasteiger partial charge in [-0.05, 0) is 76.4 Å². The number of amides is 2. The average molecular weight is 551 g/mol. The molecule has 0 spiro atoms. The van der Waals surface area contributed by atoms with E-state index in [2.05, 4.69) is 52.9 Å². The summed E-state index contributed by atoms with van der Waals surface area (Å²) < 4.78 is 11.9. The molecular weight excluding hydrogens is 518 g/mol. The molecule has 3 N–H and O–H groups in total. The molecule has 0 aliphatic heterocycles. The molecular formula is C25H32BrN3O4S. The maximum absolute atomic E-state index is 12.4. The quantitative estimate of drug-likeness (QED) is 0.201. The van der Waals surface area contributed by atoms with Gasteiger partial charge in [0.15, 0.2) is 11.7 Å². The molecule has 0 bridgehead atoms. The molecule has 0 heterocycles. The summed E-state index contributed by atoms with van der Waals surface area (Å²) in [6.07, 6.45) is 4.49. The Kier molecular flexibility index (Phi) is 11.8. The summed E-state index contributed by atoms with van der Waals surface area (Å²) in [5, 5.41) is 2.48. The van der Waals surface area contributed by atoms with Crippen LogP contribution in [0.2, 0.25) is 0 Å². The molecule has 0 atom stereocenters. The van der Waals surface area contributed by atoms with E-state index >= 15 is 0 Å². The SMILES string of the molecule is CCCCCCOc1ccc(C(=O)NC(=S)NNC(=O)COc2ccc(C(C)C)cc2)cc1Br. The number of ether oxygens (including phenoxy) is 2. The molecule has 0 aliphatic carbocycles. The van der Waals surface area contributed by atoms with E-state index in [1.54, 1.807) is 18.2 Å². The number of rotatable bonds is 11. The van der Waals surface area contributed by atoms with Crippen molar-refractivity contribution < 1.29 is 19.1 Å². The van der Waals surface area contributed by atoms with Gasteiger partial charge in [-0.3, -0.25) is 25.8 Å². The van der Waals surface area contributed by atoms with Crippen LogP contribution in [0.25, 0.3) is 0 Å². The van der Waals surface area contributed by atoms with Gasteiger partial charge in [0.25, 0.3) is 11.8 Å². The van der Waals surface area contributed by atoms with Crippen LogP contribution < -0.4 is 25.6 Å². The van der Waals surface area contributed by atoms with Crippen LogP contribution in [0, 0.1) is 0 Å². The van der Waals surface area contributed by atoms with Crippen LogP contribution in [-0.2, 0) is 4.79 Å². The molecule has 7 nitrogen and oxygen atoms in total. The number of hydrogen-bond acceptors (Lipinski definition) is 5. The molecule has 2 aromatic carbocycles. The predicted octanol–water partition coefficient (Wildman–Crippen LogP) is 5.25. The third-order valence-electron chi connectivity index (χ3n) is 4.91. The zero-order chi connectivity index (χ0) is 24.9. The van der Waals surface area contributed by atoms with E-state index in [1.165, 1.54) is 18.4 Å². The fraction of sp³-hybridized carbons (Fsp3) is 0.400. The monoisotopic (exact) mass is 549 g/mol. The molecule has 2 amide bonds. The van der Waals surface area contributed by atoms with Gasteiger partial charge in [-0.15, -0.1) is 0 Å². The highest BCUT2D eigenvalue weighted by Gasteiger charge is 2.12. The number of hydrazine groups is 1. The second kappa shape index (κ2) is 14.6. The summed E-state index contributed by atoms with van der Waals surface area (Å²) in [6.45, 7) is 6.81. The van der Waals surface area contributed by atoms with Crippen LogP contribution in [0.3, 0.4) is 0 Å². The first-order valence-electron chi connectivity index (χ1n) is 11.4. The van der Waals surface area contributed by atoms with E-state index in [1.807, 2.05) is 24.3 Å². The van der Waals surface area contributed by atoms with Gasteiger partial charge in [-0.2, -0.15) is 0 Å². The number of halogens is 1. The minimum Gasteiger partial charge on any atom is -0.492 e. The predicted molar refractivity (Wildman–Crippen MR) is 141 cm³/mol. The lowest BCUT2D eigenvalue weighted by molar-refractivity contribution is -0.123. The van der Waals surface area contributed by atoms with Gasteiger partial charge in [-0.25, -0.2) is 0 Å². The van der Waals surface area contributed by atoms with Crippen LogP contribution >= 0.6 is 28.1 Å². The van der Waals surface area contributed by atoms with Crippen molar-refractivity contribution in [2.45, 2.75) is 52.4 Å². The van der Waals surface area contributed by atoms with Crippen molar-refractivity contribution in [3.05, 3.63) is 58.1 Å². The van der Waals surface area contributed by atoms with E-state index in [4.69, 9.17) is 21.7 Å². The molecule has 184 valence electrons. The normalized spacial score (nSPS) is 10.5. The van der Waals surface area contributed by atoms with Gasteiger partial charge in [0.1, 0.15) is 11.5 Å². The fourth-order valence-electron chi connectivity index (χ4n) is 2.94. The van der Waals surface area contributed by atoms with Gasteiger partial charge in [-0.1, -0.05) is 52.2 Å². The van der Waals surface area contributed by atoms with Crippen molar-refractivity contribution in [3.8, 4) is 11.5 Å². The second-order valence-electron chi connectivity index (χ2n) is 8.02. The Morgan fingerprint density at radius 3 is 2.38 bits per heavy atom. The lowest BCUT2D eigenvalue weighted by Gasteiger charge is -2.13. The van der Waals surface area contributed by atoms with Crippen LogP contribution in [0.4, 0.5) is 0 Å². The highest BCUT2D eigenvalue weighted by Crippen LogP contribution is 2.26. The first-order chi connectivity index (χ1) is 16.3. The van der Waals surface area contributed by atoms with E-state index < -0.39 is 11.8 Å². The Hall–Kier alpha value is -2.65. The van der Waals surface area contributed by atoms with E-state index in [-0.39, 0.29) is 11.7 Å². The van der Waals surface area contributed by atoms with Crippen molar-refractivity contribution >= 4 is 45.1 Å². The van der Waals surface area contributed by atoms with Crippen molar-refractivity contribution in [2.75, 3.05) is 13.2 Å². The zero-order valence-electron chi connectivity index (χ0n) is 19.8. The van der Waals surface area contributed by atoms with Crippen LogP contribution in [0.15, 0.2) is 46.9 Å². The van der Waals surface area contributed by atoms with E-state index in [9.17, 15) is 9.59 Å². The molecule has 0 saturated heterocycles. The number of nitrogens with one attached hydrogen (secondary N) is 3. The Labute approximate surface area is 215 Å². The van der Waals surface area contributed by atoms with Gasteiger partial charge in [0, 0.05) is 5.56 Å². The van der Waals surface area contributed by atoms with Crippen LogP contribution in [0.1, 0.15) is 68.3 Å². The molecule has 0 radical (unpaired) electrons. The molecule has 34 heavy (non-hydrogen) atoms. The highest BCUT2D eigenvalue weighted by molar-refractivity contribution is 9.10. The number of benzene rings is 2. The maximum atomic E-state index is 12.4. The molecule has 2 rings (SSSR count). The second-order valence-corrected chi connectivity index (χ2v) is 9.29. The lowest BCUT2D eigenvalue weighted by Crippen LogP contribution is -2.49. The van der Waals surface area contributed by atoms with E-state index in [0.717, 1.165) is 12.8 Å². The summed E-state index contributed by atoms with van der Waals surface area (Å²) in [6, 6.07) is 12.6. The Morgan fingerprint density at radius 1 is 1.00 bits per heavy atom. The van der Waals surface area contributed by atoms with Crippen molar-refractivity contribution in [1.82, 2.24) is 16.2 Å². The first kappa shape index (κ1) is 27.6. The Balaban J connectivity index is 1.72. The van der Waals surface area contributed by atoms with Crippen molar-refractivity contribution in [2.24, 2.45) is 0 Å². The third-order valence-corrected chi connectivity index (χ3v) is 5.73. The number of hydrogen-bond donors (Lipinski definition) is 3. The minimum atomic E-state index is -0.437. The van der Waals surface area contributed by atoms with Gasteiger partial charge < -0.3 is 9.47 Å². The van der Waals surface area contributed by atoms with E-state index in [0.29, 0.717) is 34.1 Å². The van der Waals surface area contributed by atoms with Gasteiger partial charge in [0.05, 0.1) is 11.1 Å². The molecule has 0 unspecified atom stereocenters. The maximum Gasteiger partial charge on any atom is 0.276 e. The van der Waals surface area contributed by atoms with Crippen LogP contribution in [-0.4, -0.2) is 30.1 Å². The average Bonchev–Trinajstić information content (AvgIpc) is 2.82. The zero-order valence-corrected chi connectivity index (χ0v) is 22.2. The number of carbonyl (C=O) groups is 2. The smallest absolute Gasteiger partial charge is 0.276 e. The first-order valence-corrected chi connectivity index (χ1v) is 12.6. The van der Waals surface area contributed by atoms with Crippen molar-refractivity contribution in [1.29, 1.82) is 0 Å². The van der Waals surface area contributed by atoms with Gasteiger partial charge in [0.2, 0.25) is 0 Å². The molecule has 9 heteroatoms. The number of thiocarbonyl (C=S) groups is 1. The largest absolute Gasteiger partial charge is 0.492 e. The summed E-state index contributed by atoms with van der Waals surface area (Å²) in [5.74, 6) is 0.843. The fourth-order valence-corrected chi connectivity index (χ4v) is 3.57. The van der Waals surface area contributed by atoms with Crippen molar-refractivity contribution in [3.63, 3.8) is 0 Å². The molecule has 0 fully saturated rings. The highest BCUT2D eigenvalue weighted by atomic mass is 79.9. The lowest BCUT2D eigenvalue weighted by atomic mass is 10.0. The van der Waals surface area contributed by atoms with Gasteiger partial charge >= 0.3 is 0 Å².